The smallest absolute Gasteiger partial charge is 0.317 e. The molecule has 2 aromatic carbocycles. The number of hydrogen-bond donors (Lipinski definition) is 1. The summed E-state index contributed by atoms with van der Waals surface area (Å²) in [6, 6.07) is 10.8. The molecular formula is C18H18F2N2O. The molecule has 1 aliphatic heterocycles. The second kappa shape index (κ2) is 6.36. The van der Waals surface area contributed by atoms with Crippen LogP contribution in [0, 0.1) is 18.6 Å². The largest absolute Gasteiger partial charge is 0.322 e. The number of urea groups is 1. The number of anilines is 1. The molecule has 120 valence electrons. The van der Waals surface area contributed by atoms with Gasteiger partial charge in [0.25, 0.3) is 0 Å². The molecule has 1 heterocycles. The van der Waals surface area contributed by atoms with E-state index in [2.05, 4.69) is 11.4 Å². The molecule has 2 amide bonds. The van der Waals surface area contributed by atoms with E-state index in [9.17, 15) is 13.6 Å². The third-order valence-electron chi connectivity index (χ3n) is 4.11. The van der Waals surface area contributed by atoms with E-state index < -0.39 is 11.6 Å². The number of halogens is 2. The molecule has 3 rings (SSSR count). The monoisotopic (exact) mass is 316 g/mol. The lowest BCUT2D eigenvalue weighted by Gasteiger charge is -2.25. The zero-order valence-electron chi connectivity index (χ0n) is 12.9. The number of carbonyl (C=O) groups is 1. The Labute approximate surface area is 133 Å². The Morgan fingerprint density at radius 1 is 1.22 bits per heavy atom. The lowest BCUT2D eigenvalue weighted by atomic mass is 10.0. The number of hydrogen-bond acceptors (Lipinski definition) is 1. The molecule has 1 saturated heterocycles. The van der Waals surface area contributed by atoms with Gasteiger partial charge in [-0.1, -0.05) is 29.8 Å². The Bertz CT molecular complexity index is 733. The van der Waals surface area contributed by atoms with Crippen molar-refractivity contribution >= 4 is 11.7 Å². The van der Waals surface area contributed by atoms with Crippen LogP contribution in [0.2, 0.25) is 0 Å². The van der Waals surface area contributed by atoms with Crippen molar-refractivity contribution < 1.29 is 13.6 Å². The second-order valence-electron chi connectivity index (χ2n) is 5.82. The first kappa shape index (κ1) is 15.5. The summed E-state index contributed by atoms with van der Waals surface area (Å²) in [6.45, 7) is 2.63. The van der Waals surface area contributed by atoms with E-state index in [1.807, 2.05) is 25.1 Å². The van der Waals surface area contributed by atoms with Crippen LogP contribution in [0.15, 0.2) is 42.5 Å². The number of benzene rings is 2. The highest BCUT2D eigenvalue weighted by atomic mass is 19.1. The van der Waals surface area contributed by atoms with Crippen LogP contribution in [0.3, 0.4) is 0 Å². The first-order valence-corrected chi connectivity index (χ1v) is 7.64. The number of nitrogens with one attached hydrogen (secondary N) is 1. The summed E-state index contributed by atoms with van der Waals surface area (Å²) in [6.07, 6.45) is 1.78. The van der Waals surface area contributed by atoms with Gasteiger partial charge in [-0.15, -0.1) is 0 Å². The van der Waals surface area contributed by atoms with Gasteiger partial charge in [0.1, 0.15) is 11.6 Å². The van der Waals surface area contributed by atoms with Crippen molar-refractivity contribution in [2.24, 2.45) is 0 Å². The van der Waals surface area contributed by atoms with Gasteiger partial charge in [0.05, 0.1) is 11.7 Å². The quantitative estimate of drug-likeness (QED) is 0.860. The Balaban J connectivity index is 1.78. The molecule has 0 spiro atoms. The first-order valence-electron chi connectivity index (χ1n) is 7.64. The van der Waals surface area contributed by atoms with Crippen molar-refractivity contribution in [1.29, 1.82) is 0 Å². The van der Waals surface area contributed by atoms with E-state index in [1.54, 1.807) is 4.90 Å². The first-order chi connectivity index (χ1) is 11.0. The number of amides is 2. The normalized spacial score (nSPS) is 17.3. The van der Waals surface area contributed by atoms with Crippen molar-refractivity contribution in [3.05, 3.63) is 65.2 Å². The Morgan fingerprint density at radius 3 is 2.78 bits per heavy atom. The zero-order valence-corrected chi connectivity index (χ0v) is 12.9. The van der Waals surface area contributed by atoms with Crippen molar-refractivity contribution in [2.45, 2.75) is 25.8 Å². The fraction of sp³-hybridized carbons (Fsp3) is 0.278. The maximum Gasteiger partial charge on any atom is 0.322 e. The third-order valence-corrected chi connectivity index (χ3v) is 4.11. The SMILES string of the molecule is Cc1cccc([C@H]2CCCN2C(=O)Nc2ccc(F)cc2F)c1. The van der Waals surface area contributed by atoms with Crippen LogP contribution in [-0.2, 0) is 0 Å². The lowest BCUT2D eigenvalue weighted by molar-refractivity contribution is 0.207. The third kappa shape index (κ3) is 3.33. The molecule has 1 fully saturated rings. The lowest BCUT2D eigenvalue weighted by Crippen LogP contribution is -2.34. The molecule has 0 radical (unpaired) electrons. The number of nitrogens with zero attached hydrogens (tertiary/aromatic N) is 1. The highest BCUT2D eigenvalue weighted by Gasteiger charge is 2.30. The summed E-state index contributed by atoms with van der Waals surface area (Å²) in [7, 11) is 0. The Kier molecular flexibility index (Phi) is 4.28. The molecule has 0 aromatic heterocycles. The van der Waals surface area contributed by atoms with Crippen molar-refractivity contribution in [3.63, 3.8) is 0 Å². The standard InChI is InChI=1S/C18H18F2N2O/c1-12-4-2-5-13(10-12)17-6-3-9-22(17)18(23)21-16-8-7-14(19)11-15(16)20/h2,4-5,7-8,10-11,17H,3,6,9H2,1H3,(H,21,23)/t17-/m1/s1. The fourth-order valence-electron chi connectivity index (χ4n) is 3.01. The minimum absolute atomic E-state index is 0.00806. The summed E-state index contributed by atoms with van der Waals surface area (Å²) in [5.74, 6) is -1.44. The molecule has 0 saturated carbocycles. The number of carbonyl (C=O) groups excluding carboxylic acids is 1. The number of likely N-dealkylation sites (tertiary alicyclic amines) is 1. The predicted molar refractivity (Wildman–Crippen MR) is 85.2 cm³/mol. The average molecular weight is 316 g/mol. The van der Waals surface area contributed by atoms with E-state index in [0.717, 1.165) is 36.1 Å². The van der Waals surface area contributed by atoms with Gasteiger partial charge in [0.15, 0.2) is 0 Å². The maximum atomic E-state index is 13.7. The van der Waals surface area contributed by atoms with E-state index in [-0.39, 0.29) is 17.8 Å². The van der Waals surface area contributed by atoms with Gasteiger partial charge in [0.2, 0.25) is 0 Å². The molecule has 0 bridgehead atoms. The second-order valence-corrected chi connectivity index (χ2v) is 5.82. The summed E-state index contributed by atoms with van der Waals surface area (Å²) in [5.41, 5.74) is 2.21. The van der Waals surface area contributed by atoms with Crippen LogP contribution in [0.25, 0.3) is 0 Å². The van der Waals surface area contributed by atoms with Crippen LogP contribution in [-0.4, -0.2) is 17.5 Å². The van der Waals surface area contributed by atoms with Gasteiger partial charge in [-0.2, -0.15) is 0 Å². The van der Waals surface area contributed by atoms with Crippen LogP contribution in [0.4, 0.5) is 19.3 Å². The van der Waals surface area contributed by atoms with Crippen molar-refractivity contribution in [3.8, 4) is 0 Å². The highest BCUT2D eigenvalue weighted by Crippen LogP contribution is 2.32. The fourth-order valence-corrected chi connectivity index (χ4v) is 3.01. The summed E-state index contributed by atoms with van der Waals surface area (Å²) < 4.78 is 26.6. The Hall–Kier alpha value is -2.43. The molecule has 1 N–H and O–H groups in total. The van der Waals surface area contributed by atoms with Crippen LogP contribution in [0.5, 0.6) is 0 Å². The number of rotatable bonds is 2. The average Bonchev–Trinajstić information content (AvgIpc) is 2.99. The topological polar surface area (TPSA) is 32.3 Å². The minimum atomic E-state index is -0.773. The van der Waals surface area contributed by atoms with Crippen LogP contribution in [0.1, 0.15) is 30.0 Å². The zero-order chi connectivity index (χ0) is 16.4. The molecule has 0 unspecified atom stereocenters. The van der Waals surface area contributed by atoms with E-state index in [0.29, 0.717) is 6.54 Å². The van der Waals surface area contributed by atoms with Crippen molar-refractivity contribution in [2.75, 3.05) is 11.9 Å². The van der Waals surface area contributed by atoms with Gasteiger partial charge in [-0.3, -0.25) is 0 Å². The molecule has 2 aromatic rings. The van der Waals surface area contributed by atoms with Crippen LogP contribution >= 0.6 is 0 Å². The molecule has 3 nitrogen and oxygen atoms in total. The van der Waals surface area contributed by atoms with Gasteiger partial charge < -0.3 is 10.2 Å². The molecule has 23 heavy (non-hydrogen) atoms. The van der Waals surface area contributed by atoms with Gasteiger partial charge in [-0.25, -0.2) is 13.6 Å². The van der Waals surface area contributed by atoms with E-state index in [1.165, 1.54) is 6.07 Å². The minimum Gasteiger partial charge on any atom is -0.317 e. The number of aryl methyl sites for hydroxylation is 1. The molecule has 0 aliphatic carbocycles. The molecule has 1 aliphatic rings. The summed E-state index contributed by atoms with van der Waals surface area (Å²) in [4.78, 5) is 14.2. The van der Waals surface area contributed by atoms with Gasteiger partial charge >= 0.3 is 6.03 Å². The van der Waals surface area contributed by atoms with E-state index in [4.69, 9.17) is 0 Å². The molecule has 5 heteroatoms. The highest BCUT2D eigenvalue weighted by molar-refractivity contribution is 5.90. The Morgan fingerprint density at radius 2 is 2.04 bits per heavy atom. The van der Waals surface area contributed by atoms with Gasteiger partial charge in [0, 0.05) is 12.6 Å². The van der Waals surface area contributed by atoms with E-state index >= 15 is 0 Å². The van der Waals surface area contributed by atoms with Gasteiger partial charge in [-0.05, 0) is 37.5 Å². The maximum absolute atomic E-state index is 13.7. The molecular weight excluding hydrogens is 298 g/mol. The predicted octanol–water partition coefficient (Wildman–Crippen LogP) is 4.64. The molecule has 1 atom stereocenters. The summed E-state index contributed by atoms with van der Waals surface area (Å²) >= 11 is 0. The van der Waals surface area contributed by atoms with Crippen molar-refractivity contribution in [1.82, 2.24) is 4.90 Å². The van der Waals surface area contributed by atoms with Crippen LogP contribution < -0.4 is 5.32 Å². The summed E-state index contributed by atoms with van der Waals surface area (Å²) in [5, 5.41) is 2.54.